The van der Waals surface area contributed by atoms with E-state index in [1.807, 2.05) is 11.0 Å². The predicted octanol–water partition coefficient (Wildman–Crippen LogP) is 2.36. The highest BCUT2D eigenvalue weighted by Crippen LogP contribution is 2.36. The molecule has 1 saturated heterocycles. The van der Waals surface area contributed by atoms with Gasteiger partial charge in [0.2, 0.25) is 5.91 Å². The average molecular weight is 318 g/mol. The van der Waals surface area contributed by atoms with Crippen LogP contribution in [0.15, 0.2) is 18.2 Å². The van der Waals surface area contributed by atoms with Gasteiger partial charge in [0, 0.05) is 25.6 Å². The number of likely N-dealkylation sites (tertiary alicyclic amines) is 1. The summed E-state index contributed by atoms with van der Waals surface area (Å²) in [6.45, 7) is 3.55. The van der Waals surface area contributed by atoms with Crippen molar-refractivity contribution in [1.29, 1.82) is 0 Å². The highest BCUT2D eigenvalue weighted by Gasteiger charge is 2.41. The molecule has 1 aromatic rings. The number of carbonyl (C=O) groups excluding carboxylic acids is 1. The first kappa shape index (κ1) is 15.6. The number of piperidine rings is 1. The largest absolute Gasteiger partial charge is 0.497 e. The molecule has 3 rings (SSSR count). The normalized spacial score (nSPS) is 23.6. The van der Waals surface area contributed by atoms with Crippen LogP contribution < -0.4 is 9.64 Å². The van der Waals surface area contributed by atoms with E-state index in [-0.39, 0.29) is 5.91 Å². The van der Waals surface area contributed by atoms with E-state index in [0.29, 0.717) is 36.9 Å². The Morgan fingerprint density at radius 2 is 2.13 bits per heavy atom. The van der Waals surface area contributed by atoms with Crippen molar-refractivity contribution in [2.45, 2.75) is 32.2 Å². The lowest BCUT2D eigenvalue weighted by Gasteiger charge is -2.34. The van der Waals surface area contributed by atoms with Crippen LogP contribution in [-0.2, 0) is 11.2 Å². The van der Waals surface area contributed by atoms with Crippen LogP contribution in [0.1, 0.15) is 25.3 Å². The van der Waals surface area contributed by atoms with Gasteiger partial charge in [-0.2, -0.15) is 0 Å². The van der Waals surface area contributed by atoms with Crippen LogP contribution in [0.2, 0.25) is 0 Å². The van der Waals surface area contributed by atoms with Crippen LogP contribution in [0.4, 0.5) is 10.5 Å². The molecule has 0 bridgehead atoms. The first-order valence-corrected chi connectivity index (χ1v) is 7.99. The molecule has 2 amide bonds. The molecule has 1 unspecified atom stereocenters. The lowest BCUT2D eigenvalue weighted by molar-refractivity contribution is -0.134. The molecule has 6 nitrogen and oxygen atoms in total. The molecule has 2 aliphatic heterocycles. The summed E-state index contributed by atoms with van der Waals surface area (Å²) in [7, 11) is 1.54. The van der Waals surface area contributed by atoms with E-state index in [4.69, 9.17) is 4.74 Å². The summed E-state index contributed by atoms with van der Waals surface area (Å²) in [4.78, 5) is 27.6. The minimum atomic E-state index is -1.10. The second kappa shape index (κ2) is 6.10. The number of nitrogens with zero attached hydrogens (tertiary/aromatic N) is 2. The Hall–Kier alpha value is -2.24. The minimum absolute atomic E-state index is 0.0888. The van der Waals surface area contributed by atoms with Crippen molar-refractivity contribution in [1.82, 2.24) is 4.90 Å². The molecule has 2 aliphatic rings. The maximum atomic E-state index is 12.9. The minimum Gasteiger partial charge on any atom is -0.497 e. The van der Waals surface area contributed by atoms with Gasteiger partial charge in [0.15, 0.2) is 0 Å². The predicted molar refractivity (Wildman–Crippen MR) is 86.0 cm³/mol. The summed E-state index contributed by atoms with van der Waals surface area (Å²) in [6, 6.07) is 4.67. The molecule has 0 aliphatic carbocycles. The lowest BCUT2D eigenvalue weighted by atomic mass is 9.99. The molecule has 1 N–H and O–H groups in total. The van der Waals surface area contributed by atoms with E-state index in [0.717, 1.165) is 18.4 Å². The first-order chi connectivity index (χ1) is 11.0. The van der Waals surface area contributed by atoms with Gasteiger partial charge in [0.25, 0.3) is 0 Å². The molecule has 23 heavy (non-hydrogen) atoms. The van der Waals surface area contributed by atoms with Gasteiger partial charge >= 0.3 is 6.09 Å². The number of amides is 2. The molecule has 124 valence electrons. The van der Waals surface area contributed by atoms with Gasteiger partial charge in [-0.1, -0.05) is 13.0 Å². The molecule has 6 heteroatoms. The Kier molecular flexibility index (Phi) is 4.15. The first-order valence-electron chi connectivity index (χ1n) is 7.99. The Bertz CT molecular complexity index is 631. The van der Waals surface area contributed by atoms with E-state index >= 15 is 0 Å². The van der Waals surface area contributed by atoms with Crippen LogP contribution in [0.5, 0.6) is 5.75 Å². The van der Waals surface area contributed by atoms with Crippen molar-refractivity contribution in [3.05, 3.63) is 23.8 Å². The van der Waals surface area contributed by atoms with Gasteiger partial charge in [-0.05, 0) is 30.4 Å². The van der Waals surface area contributed by atoms with E-state index in [9.17, 15) is 14.7 Å². The summed E-state index contributed by atoms with van der Waals surface area (Å²) >= 11 is 0. The zero-order valence-corrected chi connectivity index (χ0v) is 13.5. The van der Waals surface area contributed by atoms with Gasteiger partial charge in [-0.15, -0.1) is 0 Å². The summed E-state index contributed by atoms with van der Waals surface area (Å²) in [5, 5.41) is 9.61. The maximum Gasteiger partial charge on any atom is 0.412 e. The van der Waals surface area contributed by atoms with Crippen LogP contribution in [-0.4, -0.2) is 48.2 Å². The fourth-order valence-electron chi connectivity index (χ4n) is 3.57. The van der Waals surface area contributed by atoms with Crippen molar-refractivity contribution in [2.24, 2.45) is 5.92 Å². The summed E-state index contributed by atoms with van der Waals surface area (Å²) in [5.41, 5.74) is 1.43. The molecular formula is C17H22N2O4. The Morgan fingerprint density at radius 3 is 2.78 bits per heavy atom. The molecule has 0 spiro atoms. The monoisotopic (exact) mass is 318 g/mol. The van der Waals surface area contributed by atoms with Crippen molar-refractivity contribution in [2.75, 3.05) is 25.1 Å². The zero-order chi connectivity index (χ0) is 16.6. The summed E-state index contributed by atoms with van der Waals surface area (Å²) in [5.74, 6) is 0.971. The number of carboxylic acid groups (broad SMARTS) is 1. The smallest absolute Gasteiger partial charge is 0.412 e. The second-order valence-corrected chi connectivity index (χ2v) is 6.40. The highest BCUT2D eigenvalue weighted by atomic mass is 16.5. The SMILES string of the molecule is COc1ccc2c(c1)N(C(=O)O)C(C(=O)N1CCC[C@H](C)C1)C2. The van der Waals surface area contributed by atoms with Crippen LogP contribution in [0.25, 0.3) is 0 Å². The van der Waals surface area contributed by atoms with Gasteiger partial charge < -0.3 is 14.7 Å². The number of ether oxygens (including phenoxy) is 1. The van der Waals surface area contributed by atoms with Crippen LogP contribution in [0, 0.1) is 5.92 Å². The van der Waals surface area contributed by atoms with Crippen molar-refractivity contribution >= 4 is 17.7 Å². The Balaban J connectivity index is 1.88. The second-order valence-electron chi connectivity index (χ2n) is 6.40. The molecule has 1 aromatic carbocycles. The van der Waals surface area contributed by atoms with Crippen LogP contribution in [0.3, 0.4) is 0 Å². The third-order valence-corrected chi connectivity index (χ3v) is 4.74. The fourth-order valence-corrected chi connectivity index (χ4v) is 3.57. The Labute approximate surface area is 135 Å². The topological polar surface area (TPSA) is 70.1 Å². The summed E-state index contributed by atoms with van der Waals surface area (Å²) in [6.07, 6.45) is 1.43. The lowest BCUT2D eigenvalue weighted by Crippen LogP contribution is -2.51. The number of benzene rings is 1. The molecule has 2 atom stereocenters. The highest BCUT2D eigenvalue weighted by molar-refractivity contribution is 6.00. The van der Waals surface area contributed by atoms with Crippen molar-refractivity contribution < 1.29 is 19.4 Å². The number of methoxy groups -OCH3 is 1. The van der Waals surface area contributed by atoms with Gasteiger partial charge in [-0.25, -0.2) is 4.79 Å². The van der Waals surface area contributed by atoms with Gasteiger partial charge in [0.05, 0.1) is 12.8 Å². The van der Waals surface area contributed by atoms with Gasteiger partial charge in [0.1, 0.15) is 11.8 Å². The van der Waals surface area contributed by atoms with E-state index in [1.54, 1.807) is 19.2 Å². The van der Waals surface area contributed by atoms with E-state index < -0.39 is 12.1 Å². The number of fused-ring (bicyclic) bond motifs is 1. The number of carbonyl (C=O) groups is 2. The van der Waals surface area contributed by atoms with Crippen LogP contribution >= 0.6 is 0 Å². The molecular weight excluding hydrogens is 296 g/mol. The zero-order valence-electron chi connectivity index (χ0n) is 13.5. The van der Waals surface area contributed by atoms with E-state index in [2.05, 4.69) is 6.92 Å². The summed E-state index contributed by atoms with van der Waals surface area (Å²) < 4.78 is 5.18. The third kappa shape index (κ3) is 2.85. The van der Waals surface area contributed by atoms with Gasteiger partial charge in [-0.3, -0.25) is 9.69 Å². The Morgan fingerprint density at radius 1 is 1.35 bits per heavy atom. The maximum absolute atomic E-state index is 12.9. The molecule has 0 saturated carbocycles. The fraction of sp³-hybridized carbons (Fsp3) is 0.529. The average Bonchev–Trinajstić information content (AvgIpc) is 2.92. The van der Waals surface area contributed by atoms with Crippen molar-refractivity contribution in [3.63, 3.8) is 0 Å². The molecule has 0 radical (unpaired) electrons. The standard InChI is InChI=1S/C17H22N2O4/c1-11-4-3-7-18(10-11)16(20)15-8-12-5-6-13(23-2)9-14(12)19(15)17(21)22/h5-6,9,11,15H,3-4,7-8,10H2,1-2H3,(H,21,22)/t11-,15?/m0/s1. The third-order valence-electron chi connectivity index (χ3n) is 4.74. The van der Waals surface area contributed by atoms with Crippen molar-refractivity contribution in [3.8, 4) is 5.75 Å². The number of hydrogen-bond acceptors (Lipinski definition) is 3. The number of rotatable bonds is 2. The molecule has 0 aromatic heterocycles. The molecule has 2 heterocycles. The van der Waals surface area contributed by atoms with E-state index in [1.165, 1.54) is 4.90 Å². The quantitative estimate of drug-likeness (QED) is 0.909. The number of anilines is 1. The number of hydrogen-bond donors (Lipinski definition) is 1. The molecule has 1 fully saturated rings.